The van der Waals surface area contributed by atoms with Gasteiger partial charge in [-0.25, -0.2) is 8.78 Å². The van der Waals surface area contributed by atoms with Gasteiger partial charge in [-0.2, -0.15) is 0 Å². The van der Waals surface area contributed by atoms with E-state index in [4.69, 9.17) is 0 Å². The Balaban J connectivity index is 2.02. The average Bonchev–Trinajstić information content (AvgIpc) is 2.58. The number of nitro groups is 1. The van der Waals surface area contributed by atoms with Gasteiger partial charge in [-0.05, 0) is 25.1 Å². The molecule has 2 aromatic rings. The molecule has 1 unspecified atom stereocenters. The Labute approximate surface area is 140 Å². The van der Waals surface area contributed by atoms with E-state index in [9.17, 15) is 28.5 Å². The Kier molecular flexibility index (Phi) is 5.38. The molecule has 0 saturated carbocycles. The Morgan fingerprint density at radius 1 is 1.12 bits per heavy atom. The highest BCUT2D eigenvalue weighted by molar-refractivity contribution is 6.01. The monoisotopic (exact) mass is 349 g/mol. The summed E-state index contributed by atoms with van der Waals surface area (Å²) in [6.07, 6.45) is 0. The van der Waals surface area contributed by atoms with Crippen LogP contribution in [0.2, 0.25) is 0 Å². The zero-order valence-electron chi connectivity index (χ0n) is 13.0. The number of halogens is 2. The normalized spacial score (nSPS) is 11.5. The van der Waals surface area contributed by atoms with E-state index < -0.39 is 34.4 Å². The molecule has 1 atom stereocenters. The molecule has 0 heterocycles. The molecule has 2 aromatic carbocycles. The minimum Gasteiger partial charge on any atom is -0.341 e. The summed E-state index contributed by atoms with van der Waals surface area (Å²) in [6, 6.07) is 6.84. The van der Waals surface area contributed by atoms with Crippen LogP contribution < -0.4 is 10.6 Å². The zero-order valence-corrected chi connectivity index (χ0v) is 13.0. The van der Waals surface area contributed by atoms with Gasteiger partial charge in [0, 0.05) is 29.4 Å². The van der Waals surface area contributed by atoms with Crippen molar-refractivity contribution >= 4 is 23.2 Å². The lowest BCUT2D eigenvalue weighted by molar-refractivity contribution is -0.384. The van der Waals surface area contributed by atoms with Gasteiger partial charge in [0.25, 0.3) is 11.6 Å². The molecule has 2 rings (SSSR count). The highest BCUT2D eigenvalue weighted by Crippen LogP contribution is 2.14. The lowest BCUT2D eigenvalue weighted by atomic mass is 10.1. The number of carbonyl (C=O) groups excluding carboxylic acids is 2. The summed E-state index contributed by atoms with van der Waals surface area (Å²) in [6.45, 7) is 1.38. The van der Waals surface area contributed by atoms with Gasteiger partial charge in [0.2, 0.25) is 5.91 Å². The van der Waals surface area contributed by atoms with Crippen LogP contribution in [0.1, 0.15) is 17.3 Å². The first-order valence-corrected chi connectivity index (χ1v) is 7.09. The third kappa shape index (κ3) is 4.56. The summed E-state index contributed by atoms with van der Waals surface area (Å²) < 4.78 is 26.0. The second-order valence-electron chi connectivity index (χ2n) is 5.12. The van der Waals surface area contributed by atoms with E-state index in [2.05, 4.69) is 10.6 Å². The lowest BCUT2D eigenvalue weighted by Crippen LogP contribution is -2.41. The summed E-state index contributed by atoms with van der Waals surface area (Å²) in [5, 5.41) is 15.4. The first kappa shape index (κ1) is 18.0. The van der Waals surface area contributed by atoms with Crippen LogP contribution in [0.5, 0.6) is 0 Å². The molecule has 0 bridgehead atoms. The molecule has 2 amide bonds. The number of non-ortho nitro benzene ring substituents is 1. The van der Waals surface area contributed by atoms with E-state index in [0.29, 0.717) is 0 Å². The molecular formula is C16H13F2N3O4. The second kappa shape index (κ2) is 7.47. The van der Waals surface area contributed by atoms with Crippen molar-refractivity contribution < 1.29 is 23.3 Å². The SMILES string of the molecule is CC(NC(=O)c1cccc([N+](=O)[O-])c1)C(=O)Nc1ccc(F)c(F)c1. The Morgan fingerprint density at radius 3 is 2.48 bits per heavy atom. The van der Waals surface area contributed by atoms with E-state index in [1.54, 1.807) is 0 Å². The Hall–Kier alpha value is -3.36. The molecule has 0 aliphatic rings. The van der Waals surface area contributed by atoms with Crippen molar-refractivity contribution in [1.82, 2.24) is 5.32 Å². The fraction of sp³-hybridized carbons (Fsp3) is 0.125. The number of hydrogen-bond donors (Lipinski definition) is 2. The van der Waals surface area contributed by atoms with Gasteiger partial charge in [0.05, 0.1) is 4.92 Å². The number of hydrogen-bond acceptors (Lipinski definition) is 4. The van der Waals surface area contributed by atoms with E-state index >= 15 is 0 Å². The maximum absolute atomic E-state index is 13.1. The first-order valence-electron chi connectivity index (χ1n) is 7.09. The summed E-state index contributed by atoms with van der Waals surface area (Å²) in [7, 11) is 0. The highest BCUT2D eigenvalue weighted by Gasteiger charge is 2.18. The van der Waals surface area contributed by atoms with Gasteiger partial charge in [-0.3, -0.25) is 19.7 Å². The minimum atomic E-state index is -1.12. The van der Waals surface area contributed by atoms with Gasteiger partial charge in [0.15, 0.2) is 11.6 Å². The minimum absolute atomic E-state index is 0.0154. The summed E-state index contributed by atoms with van der Waals surface area (Å²) in [4.78, 5) is 34.1. The number of benzene rings is 2. The third-order valence-corrected chi connectivity index (χ3v) is 3.25. The third-order valence-electron chi connectivity index (χ3n) is 3.25. The Morgan fingerprint density at radius 2 is 1.84 bits per heavy atom. The van der Waals surface area contributed by atoms with Crippen molar-refractivity contribution in [3.63, 3.8) is 0 Å². The summed E-state index contributed by atoms with van der Waals surface area (Å²) in [5.41, 5.74) is -0.214. The van der Waals surface area contributed by atoms with E-state index in [1.165, 1.54) is 31.2 Å². The number of nitrogens with one attached hydrogen (secondary N) is 2. The molecule has 9 heteroatoms. The second-order valence-corrected chi connectivity index (χ2v) is 5.12. The van der Waals surface area contributed by atoms with Crippen LogP contribution >= 0.6 is 0 Å². The van der Waals surface area contributed by atoms with Crippen molar-refractivity contribution in [3.8, 4) is 0 Å². The van der Waals surface area contributed by atoms with E-state index in [0.717, 1.165) is 18.2 Å². The number of amides is 2. The fourth-order valence-corrected chi connectivity index (χ4v) is 1.93. The van der Waals surface area contributed by atoms with Gasteiger partial charge in [0.1, 0.15) is 6.04 Å². The molecule has 0 fully saturated rings. The largest absolute Gasteiger partial charge is 0.341 e. The number of carbonyl (C=O) groups is 2. The predicted molar refractivity (Wildman–Crippen MR) is 85.0 cm³/mol. The highest BCUT2D eigenvalue weighted by atomic mass is 19.2. The quantitative estimate of drug-likeness (QED) is 0.640. The maximum Gasteiger partial charge on any atom is 0.270 e. The van der Waals surface area contributed by atoms with E-state index in [-0.39, 0.29) is 16.9 Å². The van der Waals surface area contributed by atoms with Crippen LogP contribution in [0.25, 0.3) is 0 Å². The summed E-state index contributed by atoms with van der Waals surface area (Å²) >= 11 is 0. The number of nitrogens with zero attached hydrogens (tertiary/aromatic N) is 1. The maximum atomic E-state index is 13.1. The topological polar surface area (TPSA) is 101 Å². The molecule has 0 radical (unpaired) electrons. The summed E-state index contributed by atoms with van der Waals surface area (Å²) in [5.74, 6) is -3.52. The number of rotatable bonds is 5. The van der Waals surface area contributed by atoms with Crippen LogP contribution in [0.3, 0.4) is 0 Å². The average molecular weight is 349 g/mol. The van der Waals surface area contributed by atoms with Gasteiger partial charge < -0.3 is 10.6 Å². The van der Waals surface area contributed by atoms with E-state index in [1.807, 2.05) is 0 Å². The zero-order chi connectivity index (χ0) is 18.6. The first-order chi connectivity index (χ1) is 11.8. The van der Waals surface area contributed by atoms with Crippen LogP contribution in [0.15, 0.2) is 42.5 Å². The molecule has 0 aliphatic heterocycles. The molecule has 0 aromatic heterocycles. The molecule has 7 nitrogen and oxygen atoms in total. The number of nitro benzene ring substituents is 1. The smallest absolute Gasteiger partial charge is 0.270 e. The lowest BCUT2D eigenvalue weighted by Gasteiger charge is -2.14. The standard InChI is InChI=1S/C16H13F2N3O4/c1-9(15(22)20-11-5-6-13(17)14(18)8-11)19-16(23)10-3-2-4-12(7-10)21(24)25/h2-9H,1H3,(H,19,23)(H,20,22). The molecular weight excluding hydrogens is 336 g/mol. The Bertz CT molecular complexity index is 842. The predicted octanol–water partition coefficient (Wildman–Crippen LogP) is 2.63. The molecule has 130 valence electrons. The van der Waals surface area contributed by atoms with Crippen LogP contribution in [-0.2, 0) is 4.79 Å². The van der Waals surface area contributed by atoms with Crippen molar-refractivity contribution in [2.75, 3.05) is 5.32 Å². The van der Waals surface area contributed by atoms with Gasteiger partial charge in [-0.15, -0.1) is 0 Å². The van der Waals surface area contributed by atoms with Gasteiger partial charge >= 0.3 is 0 Å². The fourth-order valence-electron chi connectivity index (χ4n) is 1.93. The van der Waals surface area contributed by atoms with Gasteiger partial charge in [-0.1, -0.05) is 6.07 Å². The molecule has 2 N–H and O–H groups in total. The molecule has 0 saturated heterocycles. The van der Waals surface area contributed by atoms with Crippen molar-refractivity contribution in [3.05, 3.63) is 69.8 Å². The van der Waals surface area contributed by atoms with Crippen LogP contribution in [-0.4, -0.2) is 22.8 Å². The molecule has 0 spiro atoms. The van der Waals surface area contributed by atoms with Crippen molar-refractivity contribution in [1.29, 1.82) is 0 Å². The van der Waals surface area contributed by atoms with Crippen molar-refractivity contribution in [2.24, 2.45) is 0 Å². The van der Waals surface area contributed by atoms with Crippen molar-refractivity contribution in [2.45, 2.75) is 13.0 Å². The van der Waals surface area contributed by atoms with Crippen LogP contribution in [0.4, 0.5) is 20.2 Å². The number of anilines is 1. The molecule has 0 aliphatic carbocycles. The van der Waals surface area contributed by atoms with Crippen LogP contribution in [0, 0.1) is 21.7 Å². The molecule has 25 heavy (non-hydrogen) atoms.